The SMILES string of the molecule is NC(=O)CCCC[C@@H]1CCSC(=O)S1. The van der Waals surface area contributed by atoms with Crippen LogP contribution in [0.2, 0.25) is 0 Å². The van der Waals surface area contributed by atoms with Crippen LogP contribution < -0.4 is 5.73 Å². The molecule has 0 aliphatic carbocycles. The fourth-order valence-corrected chi connectivity index (χ4v) is 3.82. The van der Waals surface area contributed by atoms with Crippen LogP contribution in [-0.4, -0.2) is 21.4 Å². The second kappa shape index (κ2) is 6.35. The van der Waals surface area contributed by atoms with Gasteiger partial charge in [-0.15, -0.1) is 0 Å². The Labute approximate surface area is 92.6 Å². The van der Waals surface area contributed by atoms with Crippen LogP contribution in [0.15, 0.2) is 0 Å². The molecule has 1 rings (SSSR count). The fraction of sp³-hybridized carbons (Fsp3) is 0.778. The van der Waals surface area contributed by atoms with Crippen molar-refractivity contribution in [2.75, 3.05) is 5.75 Å². The smallest absolute Gasteiger partial charge is 0.246 e. The lowest BCUT2D eigenvalue weighted by molar-refractivity contribution is -0.118. The van der Waals surface area contributed by atoms with Crippen molar-refractivity contribution in [3.05, 3.63) is 0 Å². The number of rotatable bonds is 5. The van der Waals surface area contributed by atoms with Crippen molar-refractivity contribution in [2.45, 2.75) is 37.4 Å². The van der Waals surface area contributed by atoms with Gasteiger partial charge in [-0.3, -0.25) is 9.59 Å². The minimum Gasteiger partial charge on any atom is -0.370 e. The van der Waals surface area contributed by atoms with Crippen molar-refractivity contribution >= 4 is 33.9 Å². The van der Waals surface area contributed by atoms with E-state index in [1.807, 2.05) is 0 Å². The molecule has 80 valence electrons. The van der Waals surface area contributed by atoms with E-state index in [0.29, 0.717) is 11.7 Å². The Bertz CT molecular complexity index is 221. The molecular weight excluding hydrogens is 218 g/mol. The van der Waals surface area contributed by atoms with Gasteiger partial charge in [-0.1, -0.05) is 29.9 Å². The third kappa shape index (κ3) is 4.91. The topological polar surface area (TPSA) is 60.2 Å². The van der Waals surface area contributed by atoms with E-state index >= 15 is 0 Å². The summed E-state index contributed by atoms with van der Waals surface area (Å²) in [4.78, 5) is 21.5. The summed E-state index contributed by atoms with van der Waals surface area (Å²) in [5.41, 5.74) is 5.03. The predicted octanol–water partition coefficient (Wildman–Crippen LogP) is 2.39. The average molecular weight is 233 g/mol. The summed E-state index contributed by atoms with van der Waals surface area (Å²) in [5.74, 6) is 0.722. The molecule has 3 nitrogen and oxygen atoms in total. The van der Waals surface area contributed by atoms with Crippen molar-refractivity contribution in [1.82, 2.24) is 0 Å². The summed E-state index contributed by atoms with van der Waals surface area (Å²) in [7, 11) is 0. The summed E-state index contributed by atoms with van der Waals surface area (Å²) in [5, 5.41) is 0.469. The van der Waals surface area contributed by atoms with Crippen LogP contribution in [0.1, 0.15) is 32.1 Å². The zero-order valence-corrected chi connectivity index (χ0v) is 9.66. The van der Waals surface area contributed by atoms with Crippen LogP contribution in [0.25, 0.3) is 0 Å². The summed E-state index contributed by atoms with van der Waals surface area (Å²) in [6, 6.07) is 0. The zero-order chi connectivity index (χ0) is 10.4. The lowest BCUT2D eigenvalue weighted by Gasteiger charge is -2.18. The molecule has 0 spiro atoms. The minimum atomic E-state index is -0.229. The highest BCUT2D eigenvalue weighted by molar-refractivity contribution is 8.39. The first kappa shape index (κ1) is 11.9. The lowest BCUT2D eigenvalue weighted by Crippen LogP contribution is -2.13. The Kier molecular flexibility index (Phi) is 5.40. The molecule has 1 heterocycles. The van der Waals surface area contributed by atoms with Crippen molar-refractivity contribution in [1.29, 1.82) is 0 Å². The number of hydrogen-bond acceptors (Lipinski definition) is 4. The number of hydrogen-bond donors (Lipinski definition) is 1. The van der Waals surface area contributed by atoms with Gasteiger partial charge in [-0.05, 0) is 19.3 Å². The van der Waals surface area contributed by atoms with E-state index in [0.717, 1.165) is 31.4 Å². The molecule has 1 fully saturated rings. The van der Waals surface area contributed by atoms with Crippen molar-refractivity contribution in [3.8, 4) is 0 Å². The van der Waals surface area contributed by atoms with E-state index in [-0.39, 0.29) is 10.4 Å². The standard InChI is InChI=1S/C9H15NO2S2/c10-8(11)4-2-1-3-7-5-6-13-9(12)14-7/h7H,1-6H2,(H2,10,11)/t7-/m1/s1. The number of carbonyl (C=O) groups excluding carboxylic acids is 2. The number of thioether (sulfide) groups is 2. The number of amides is 1. The van der Waals surface area contributed by atoms with E-state index < -0.39 is 0 Å². The van der Waals surface area contributed by atoms with E-state index in [1.54, 1.807) is 0 Å². The van der Waals surface area contributed by atoms with Crippen molar-refractivity contribution in [2.24, 2.45) is 5.73 Å². The summed E-state index contributed by atoms with van der Waals surface area (Å²) >= 11 is 2.87. The highest BCUT2D eigenvalue weighted by Gasteiger charge is 2.20. The van der Waals surface area contributed by atoms with Crippen LogP contribution in [0.4, 0.5) is 4.79 Å². The van der Waals surface area contributed by atoms with Crippen LogP contribution in [0, 0.1) is 0 Å². The normalized spacial score (nSPS) is 22.3. The molecule has 1 aliphatic heterocycles. The van der Waals surface area contributed by atoms with Gasteiger partial charge in [-0.25, -0.2) is 0 Å². The Hall–Kier alpha value is -0.160. The van der Waals surface area contributed by atoms with Gasteiger partial charge in [0.2, 0.25) is 10.4 Å². The zero-order valence-electron chi connectivity index (χ0n) is 8.03. The van der Waals surface area contributed by atoms with Gasteiger partial charge in [-0.2, -0.15) is 0 Å². The molecule has 0 aromatic heterocycles. The van der Waals surface area contributed by atoms with E-state index in [9.17, 15) is 9.59 Å². The molecule has 1 amide bonds. The Morgan fingerprint density at radius 3 is 2.93 bits per heavy atom. The number of primary amides is 1. The maximum Gasteiger partial charge on any atom is 0.246 e. The summed E-state index contributed by atoms with van der Waals surface area (Å²) < 4.78 is 0.246. The largest absolute Gasteiger partial charge is 0.370 e. The molecule has 0 aromatic rings. The van der Waals surface area contributed by atoms with E-state index in [2.05, 4.69) is 0 Å². The molecule has 0 unspecified atom stereocenters. The monoisotopic (exact) mass is 233 g/mol. The van der Waals surface area contributed by atoms with Gasteiger partial charge in [0.1, 0.15) is 0 Å². The first-order valence-corrected chi connectivity index (χ1v) is 6.66. The number of nitrogens with two attached hydrogens (primary N) is 1. The molecular formula is C9H15NO2S2. The molecule has 0 bridgehead atoms. The number of carbonyl (C=O) groups is 2. The van der Waals surface area contributed by atoms with Crippen molar-refractivity contribution < 1.29 is 9.59 Å². The highest BCUT2D eigenvalue weighted by atomic mass is 32.2. The average Bonchev–Trinajstić information content (AvgIpc) is 2.12. The number of unbranched alkanes of at least 4 members (excludes halogenated alkanes) is 1. The maximum absolute atomic E-state index is 11.1. The minimum absolute atomic E-state index is 0.229. The predicted molar refractivity (Wildman–Crippen MR) is 61.5 cm³/mol. The van der Waals surface area contributed by atoms with E-state index in [4.69, 9.17) is 5.73 Å². The third-order valence-corrected chi connectivity index (χ3v) is 4.44. The molecule has 2 N–H and O–H groups in total. The molecule has 0 saturated carbocycles. The second-order valence-corrected chi connectivity index (χ2v) is 5.94. The van der Waals surface area contributed by atoms with Gasteiger partial charge in [0.05, 0.1) is 0 Å². The van der Waals surface area contributed by atoms with Gasteiger partial charge in [0, 0.05) is 17.4 Å². The summed E-state index contributed by atoms with van der Waals surface area (Å²) in [6.45, 7) is 0. The second-order valence-electron chi connectivity index (χ2n) is 3.34. The van der Waals surface area contributed by atoms with Gasteiger partial charge < -0.3 is 5.73 Å². The fourth-order valence-electron chi connectivity index (χ4n) is 1.38. The van der Waals surface area contributed by atoms with Crippen LogP contribution in [0.3, 0.4) is 0 Å². The van der Waals surface area contributed by atoms with Crippen LogP contribution >= 0.6 is 23.5 Å². The molecule has 1 saturated heterocycles. The first-order chi connectivity index (χ1) is 6.68. The Morgan fingerprint density at radius 2 is 2.29 bits per heavy atom. The molecule has 1 atom stereocenters. The molecule has 1 aliphatic rings. The quantitative estimate of drug-likeness (QED) is 0.741. The van der Waals surface area contributed by atoms with Crippen molar-refractivity contribution in [3.63, 3.8) is 0 Å². The van der Waals surface area contributed by atoms with Gasteiger partial charge in [0.25, 0.3) is 0 Å². The molecule has 5 heteroatoms. The third-order valence-electron chi connectivity index (χ3n) is 2.12. The van der Waals surface area contributed by atoms with Crippen LogP contribution in [0.5, 0.6) is 0 Å². The summed E-state index contributed by atoms with van der Waals surface area (Å²) in [6.07, 6.45) is 4.47. The highest BCUT2D eigenvalue weighted by Crippen LogP contribution is 2.33. The van der Waals surface area contributed by atoms with Crippen LogP contribution in [-0.2, 0) is 4.79 Å². The van der Waals surface area contributed by atoms with Gasteiger partial charge >= 0.3 is 0 Å². The Morgan fingerprint density at radius 1 is 1.50 bits per heavy atom. The maximum atomic E-state index is 11.1. The lowest BCUT2D eigenvalue weighted by atomic mass is 10.1. The van der Waals surface area contributed by atoms with Gasteiger partial charge in [0.15, 0.2) is 0 Å². The molecule has 14 heavy (non-hydrogen) atoms. The van der Waals surface area contributed by atoms with E-state index in [1.165, 1.54) is 23.5 Å². The first-order valence-electron chi connectivity index (χ1n) is 4.80. The molecule has 0 aromatic carbocycles. The molecule has 0 radical (unpaired) electrons. The Balaban J connectivity index is 2.06.